The molecule has 0 bridgehead atoms. The fraction of sp³-hybridized carbons (Fsp3) is 0.769. The van der Waals surface area contributed by atoms with Gasteiger partial charge in [-0.05, 0) is 27.2 Å². The molecule has 0 aromatic carbocycles. The largest absolute Gasteiger partial charge is 0.469 e. The number of hydrogen-bond acceptors (Lipinski definition) is 5. The second-order valence-corrected chi connectivity index (χ2v) is 5.31. The smallest absolute Gasteiger partial charge is 0.408 e. The average Bonchev–Trinajstić information content (AvgIpc) is 2.33. The molecule has 0 spiro atoms. The first-order chi connectivity index (χ1) is 9.17. The fourth-order valence-corrected chi connectivity index (χ4v) is 1.33. The van der Waals surface area contributed by atoms with E-state index in [1.54, 1.807) is 20.8 Å². The number of alkyl carbamates (subject to hydrolysis) is 1. The third-order valence-electron chi connectivity index (χ3n) is 2.29. The van der Waals surface area contributed by atoms with E-state index in [0.717, 1.165) is 0 Å². The van der Waals surface area contributed by atoms with Gasteiger partial charge in [-0.2, -0.15) is 0 Å². The van der Waals surface area contributed by atoms with Gasteiger partial charge in [-0.1, -0.05) is 6.92 Å². The second-order valence-electron chi connectivity index (χ2n) is 5.31. The molecular weight excluding hydrogens is 264 g/mol. The van der Waals surface area contributed by atoms with Gasteiger partial charge in [0.25, 0.3) is 0 Å². The van der Waals surface area contributed by atoms with Crippen LogP contribution in [0.3, 0.4) is 0 Å². The lowest BCUT2D eigenvalue weighted by molar-refractivity contribution is -0.141. The Kier molecular flexibility index (Phi) is 7.64. The summed E-state index contributed by atoms with van der Waals surface area (Å²) in [5.74, 6) is -0.774. The van der Waals surface area contributed by atoms with Crippen LogP contribution in [0.2, 0.25) is 0 Å². The second kappa shape index (κ2) is 8.39. The Hall–Kier alpha value is -1.79. The average molecular weight is 288 g/mol. The maximum Gasteiger partial charge on any atom is 0.408 e. The summed E-state index contributed by atoms with van der Waals surface area (Å²) in [7, 11) is 1.29. The van der Waals surface area contributed by atoms with Crippen molar-refractivity contribution in [2.45, 2.75) is 52.2 Å². The van der Waals surface area contributed by atoms with Gasteiger partial charge in [0.05, 0.1) is 13.5 Å². The third-order valence-corrected chi connectivity index (χ3v) is 2.29. The van der Waals surface area contributed by atoms with E-state index in [1.165, 1.54) is 7.11 Å². The zero-order chi connectivity index (χ0) is 15.8. The van der Waals surface area contributed by atoms with E-state index >= 15 is 0 Å². The van der Waals surface area contributed by atoms with Gasteiger partial charge < -0.3 is 20.1 Å². The molecule has 0 rings (SSSR count). The van der Waals surface area contributed by atoms with E-state index in [0.29, 0.717) is 6.42 Å². The zero-order valence-electron chi connectivity index (χ0n) is 12.7. The first-order valence-corrected chi connectivity index (χ1v) is 6.51. The molecule has 0 saturated carbocycles. The van der Waals surface area contributed by atoms with E-state index in [9.17, 15) is 14.4 Å². The lowest BCUT2D eigenvalue weighted by Gasteiger charge is -2.20. The summed E-state index contributed by atoms with van der Waals surface area (Å²) in [4.78, 5) is 34.1. The number of amides is 2. The fourth-order valence-electron chi connectivity index (χ4n) is 1.33. The van der Waals surface area contributed by atoms with Crippen molar-refractivity contribution in [2.75, 3.05) is 13.7 Å². The Bertz CT molecular complexity index is 349. The summed E-state index contributed by atoms with van der Waals surface area (Å²) >= 11 is 0. The minimum Gasteiger partial charge on any atom is -0.469 e. The summed E-state index contributed by atoms with van der Waals surface area (Å²) in [5, 5.41) is 4.99. The summed E-state index contributed by atoms with van der Waals surface area (Å²) in [6, 6.07) is -0.310. The molecule has 7 nitrogen and oxygen atoms in total. The van der Waals surface area contributed by atoms with Crippen molar-refractivity contribution < 1.29 is 23.9 Å². The Balaban J connectivity index is 4.09. The van der Waals surface area contributed by atoms with Crippen molar-refractivity contribution in [1.82, 2.24) is 10.6 Å². The summed E-state index contributed by atoms with van der Waals surface area (Å²) in [6.45, 7) is 6.84. The van der Waals surface area contributed by atoms with Gasteiger partial charge in [-0.3, -0.25) is 9.59 Å². The highest BCUT2D eigenvalue weighted by Gasteiger charge is 2.18. The number of esters is 1. The van der Waals surface area contributed by atoms with Gasteiger partial charge in [0.2, 0.25) is 5.91 Å². The molecule has 116 valence electrons. The molecule has 2 N–H and O–H groups in total. The molecular formula is C13H24N2O5. The molecule has 0 aliphatic carbocycles. The molecule has 0 heterocycles. The Morgan fingerprint density at radius 3 is 2.25 bits per heavy atom. The van der Waals surface area contributed by atoms with Crippen LogP contribution >= 0.6 is 0 Å². The van der Waals surface area contributed by atoms with Crippen molar-refractivity contribution >= 4 is 18.0 Å². The van der Waals surface area contributed by atoms with Crippen LogP contribution in [0.1, 0.15) is 40.5 Å². The molecule has 0 radical (unpaired) electrons. The molecule has 0 aliphatic heterocycles. The number of rotatable bonds is 6. The molecule has 0 saturated heterocycles. The highest BCUT2D eigenvalue weighted by atomic mass is 16.6. The summed E-state index contributed by atoms with van der Waals surface area (Å²) in [6.07, 6.45) is 0.0343. The van der Waals surface area contributed by atoms with E-state index in [4.69, 9.17) is 4.74 Å². The summed E-state index contributed by atoms with van der Waals surface area (Å²) < 4.78 is 9.53. The van der Waals surface area contributed by atoms with Crippen LogP contribution in [-0.2, 0) is 19.1 Å². The SMILES string of the molecule is CCC(CC(=O)OC)NC(=O)CNC(=O)OC(C)(C)C. The number of carbonyl (C=O) groups is 3. The predicted molar refractivity (Wildman–Crippen MR) is 73.1 cm³/mol. The van der Waals surface area contributed by atoms with Gasteiger partial charge in [-0.25, -0.2) is 4.79 Å². The predicted octanol–water partition coefficient (Wildman–Crippen LogP) is 0.969. The standard InChI is InChI=1S/C13H24N2O5/c1-6-9(7-11(17)19-5)15-10(16)8-14-12(18)20-13(2,3)4/h9H,6-8H2,1-5H3,(H,14,18)(H,15,16). The molecule has 7 heteroatoms. The van der Waals surface area contributed by atoms with Crippen LogP contribution < -0.4 is 10.6 Å². The number of methoxy groups -OCH3 is 1. The molecule has 0 aliphatic rings. The maximum absolute atomic E-state index is 11.6. The molecule has 20 heavy (non-hydrogen) atoms. The lowest BCUT2D eigenvalue weighted by Crippen LogP contribution is -2.43. The molecule has 0 aromatic heterocycles. The normalized spacial score (nSPS) is 12.2. The van der Waals surface area contributed by atoms with Crippen molar-refractivity contribution in [1.29, 1.82) is 0 Å². The minimum atomic E-state index is -0.659. The molecule has 2 amide bonds. The molecule has 1 unspecified atom stereocenters. The Morgan fingerprint density at radius 2 is 1.80 bits per heavy atom. The van der Waals surface area contributed by atoms with Crippen LogP contribution in [0.15, 0.2) is 0 Å². The van der Waals surface area contributed by atoms with E-state index in [-0.39, 0.29) is 24.9 Å². The number of ether oxygens (including phenoxy) is 2. The molecule has 0 fully saturated rings. The van der Waals surface area contributed by atoms with Gasteiger partial charge in [0.15, 0.2) is 0 Å². The monoisotopic (exact) mass is 288 g/mol. The highest BCUT2D eigenvalue weighted by molar-refractivity contribution is 5.83. The first-order valence-electron chi connectivity index (χ1n) is 6.51. The van der Waals surface area contributed by atoms with Gasteiger partial charge >= 0.3 is 12.1 Å². The van der Waals surface area contributed by atoms with Gasteiger partial charge in [0, 0.05) is 6.04 Å². The number of carbonyl (C=O) groups excluding carboxylic acids is 3. The van der Waals surface area contributed by atoms with Crippen molar-refractivity contribution in [3.05, 3.63) is 0 Å². The molecule has 1 atom stereocenters. The van der Waals surface area contributed by atoms with E-state index < -0.39 is 17.7 Å². The molecule has 0 aromatic rings. The Labute approximate surface area is 119 Å². The number of nitrogens with one attached hydrogen (secondary N) is 2. The van der Waals surface area contributed by atoms with Crippen LogP contribution in [0, 0.1) is 0 Å². The first kappa shape index (κ1) is 18.2. The Morgan fingerprint density at radius 1 is 1.20 bits per heavy atom. The van der Waals surface area contributed by atoms with Crippen LogP contribution in [0.4, 0.5) is 4.79 Å². The van der Waals surface area contributed by atoms with Crippen LogP contribution in [0.5, 0.6) is 0 Å². The highest BCUT2D eigenvalue weighted by Crippen LogP contribution is 2.06. The minimum absolute atomic E-state index is 0.102. The topological polar surface area (TPSA) is 93.7 Å². The van der Waals surface area contributed by atoms with Crippen molar-refractivity contribution in [3.8, 4) is 0 Å². The van der Waals surface area contributed by atoms with Crippen molar-refractivity contribution in [3.63, 3.8) is 0 Å². The quantitative estimate of drug-likeness (QED) is 0.710. The summed E-state index contributed by atoms with van der Waals surface area (Å²) in [5.41, 5.74) is -0.614. The van der Waals surface area contributed by atoms with Gasteiger partial charge in [0.1, 0.15) is 12.1 Å². The lowest BCUT2D eigenvalue weighted by atomic mass is 10.1. The van der Waals surface area contributed by atoms with Crippen LogP contribution in [0.25, 0.3) is 0 Å². The zero-order valence-corrected chi connectivity index (χ0v) is 12.7. The van der Waals surface area contributed by atoms with E-state index in [2.05, 4.69) is 15.4 Å². The van der Waals surface area contributed by atoms with Crippen molar-refractivity contribution in [2.24, 2.45) is 0 Å². The van der Waals surface area contributed by atoms with Crippen LogP contribution in [-0.4, -0.2) is 43.3 Å². The van der Waals surface area contributed by atoms with Gasteiger partial charge in [-0.15, -0.1) is 0 Å². The number of hydrogen-bond donors (Lipinski definition) is 2. The third kappa shape index (κ3) is 9.18. The van der Waals surface area contributed by atoms with E-state index in [1.807, 2.05) is 6.92 Å². The maximum atomic E-state index is 11.6.